The van der Waals surface area contributed by atoms with Crippen molar-refractivity contribution in [2.45, 2.75) is 51.6 Å². The molecule has 0 radical (unpaired) electrons. The highest BCUT2D eigenvalue weighted by Crippen LogP contribution is 2.32. The van der Waals surface area contributed by atoms with E-state index in [1.54, 1.807) is 4.90 Å². The largest absolute Gasteiger partial charge is 0.351 e. The number of hydrogen-bond acceptors (Lipinski definition) is 4. The van der Waals surface area contributed by atoms with Crippen molar-refractivity contribution in [3.63, 3.8) is 0 Å². The van der Waals surface area contributed by atoms with Crippen LogP contribution in [0.1, 0.15) is 57.7 Å². The van der Waals surface area contributed by atoms with Crippen molar-refractivity contribution in [1.29, 1.82) is 0 Å². The van der Waals surface area contributed by atoms with Crippen molar-refractivity contribution >= 4 is 28.8 Å². The van der Waals surface area contributed by atoms with Crippen LogP contribution in [0.25, 0.3) is 0 Å². The van der Waals surface area contributed by atoms with E-state index in [-0.39, 0.29) is 17.9 Å². The molecule has 0 spiro atoms. The summed E-state index contributed by atoms with van der Waals surface area (Å²) in [6.07, 6.45) is 4.22. The van der Waals surface area contributed by atoms with E-state index in [4.69, 9.17) is 0 Å². The number of benzene rings is 2. The molecule has 1 aromatic heterocycles. The van der Waals surface area contributed by atoms with Gasteiger partial charge in [-0.2, -0.15) is 0 Å². The Morgan fingerprint density at radius 3 is 2.19 bits per heavy atom. The molecule has 4 rings (SSSR count). The number of nitrogens with zero attached hydrogens (tertiary/aromatic N) is 2. The van der Waals surface area contributed by atoms with Crippen LogP contribution >= 0.6 is 11.3 Å². The Hall–Kier alpha value is -2.99. The van der Waals surface area contributed by atoms with Crippen molar-refractivity contribution in [3.05, 3.63) is 81.8 Å². The molecule has 160 valence electrons. The highest BCUT2D eigenvalue weighted by molar-refractivity contribution is 7.13. The van der Waals surface area contributed by atoms with Gasteiger partial charge in [0.1, 0.15) is 10.9 Å². The number of aromatic nitrogens is 1. The molecule has 1 aliphatic carbocycles. The number of hydrogen-bond donors (Lipinski definition) is 1. The number of carbonyl (C=O) groups excluding carboxylic acids is 2. The zero-order valence-corrected chi connectivity index (χ0v) is 18.7. The van der Waals surface area contributed by atoms with Gasteiger partial charge < -0.3 is 5.32 Å². The SMILES string of the molecule is Cc1nc(C)c(C(=O)N(c2ccccc2)C(C(=O)NC2CCCC2)c2ccccc2)s1. The third-order valence-corrected chi connectivity index (χ3v) is 6.74. The van der Waals surface area contributed by atoms with E-state index in [2.05, 4.69) is 10.3 Å². The third-order valence-electron chi connectivity index (χ3n) is 5.67. The van der Waals surface area contributed by atoms with E-state index in [0.717, 1.165) is 36.3 Å². The molecule has 1 aliphatic rings. The summed E-state index contributed by atoms with van der Waals surface area (Å²) in [4.78, 5) is 34.1. The summed E-state index contributed by atoms with van der Waals surface area (Å²) in [7, 11) is 0. The van der Waals surface area contributed by atoms with Crippen LogP contribution in [-0.2, 0) is 4.79 Å². The third kappa shape index (κ3) is 4.69. The summed E-state index contributed by atoms with van der Waals surface area (Å²) in [5.74, 6) is -0.348. The summed E-state index contributed by atoms with van der Waals surface area (Å²) in [5, 5.41) is 4.04. The minimum atomic E-state index is -0.765. The second-order valence-corrected chi connectivity index (χ2v) is 9.16. The Balaban J connectivity index is 1.80. The van der Waals surface area contributed by atoms with E-state index in [9.17, 15) is 9.59 Å². The summed E-state index contributed by atoms with van der Waals surface area (Å²) in [5.41, 5.74) is 2.17. The molecule has 5 nitrogen and oxygen atoms in total. The van der Waals surface area contributed by atoms with Gasteiger partial charge in [-0.25, -0.2) is 4.98 Å². The van der Waals surface area contributed by atoms with Crippen LogP contribution in [0.5, 0.6) is 0 Å². The topological polar surface area (TPSA) is 62.3 Å². The predicted octanol–water partition coefficient (Wildman–Crippen LogP) is 5.21. The van der Waals surface area contributed by atoms with Gasteiger partial charge in [0.25, 0.3) is 5.91 Å². The van der Waals surface area contributed by atoms with Gasteiger partial charge in [0, 0.05) is 11.7 Å². The molecule has 1 saturated carbocycles. The lowest BCUT2D eigenvalue weighted by molar-refractivity contribution is -0.123. The maximum atomic E-state index is 13.9. The second kappa shape index (κ2) is 9.43. The van der Waals surface area contributed by atoms with Crippen LogP contribution in [0.15, 0.2) is 60.7 Å². The lowest BCUT2D eigenvalue weighted by atomic mass is 10.0. The first kappa shape index (κ1) is 21.2. The highest BCUT2D eigenvalue weighted by Gasteiger charge is 2.35. The van der Waals surface area contributed by atoms with E-state index < -0.39 is 6.04 Å². The molecule has 1 N–H and O–H groups in total. The molecule has 1 fully saturated rings. The fourth-order valence-electron chi connectivity index (χ4n) is 4.21. The van der Waals surface area contributed by atoms with E-state index in [1.807, 2.05) is 74.5 Å². The maximum Gasteiger partial charge on any atom is 0.271 e. The first-order valence-electron chi connectivity index (χ1n) is 10.7. The van der Waals surface area contributed by atoms with Gasteiger partial charge in [0.05, 0.1) is 10.7 Å². The number of nitrogens with one attached hydrogen (secondary N) is 1. The number of carbonyl (C=O) groups is 2. The summed E-state index contributed by atoms with van der Waals surface area (Å²) in [6, 6.07) is 18.4. The zero-order chi connectivity index (χ0) is 21.8. The van der Waals surface area contributed by atoms with Crippen LogP contribution in [0.4, 0.5) is 5.69 Å². The van der Waals surface area contributed by atoms with E-state index in [0.29, 0.717) is 16.3 Å². The Labute approximate surface area is 187 Å². The summed E-state index contributed by atoms with van der Waals surface area (Å²) in [6.45, 7) is 3.73. The molecule has 0 saturated heterocycles. The van der Waals surface area contributed by atoms with Gasteiger partial charge in [-0.1, -0.05) is 61.4 Å². The number of thiazole rings is 1. The Kier molecular flexibility index (Phi) is 6.47. The average Bonchev–Trinajstić information content (AvgIpc) is 3.41. The van der Waals surface area contributed by atoms with Crippen molar-refractivity contribution in [3.8, 4) is 0 Å². The minimum absolute atomic E-state index is 0.144. The molecular weight excluding hydrogens is 406 g/mol. The molecular formula is C25H27N3O2S. The van der Waals surface area contributed by atoms with Gasteiger partial charge in [-0.05, 0) is 44.4 Å². The number of anilines is 1. The quantitative estimate of drug-likeness (QED) is 0.581. The Morgan fingerprint density at radius 1 is 1.00 bits per heavy atom. The molecule has 1 atom stereocenters. The van der Waals surface area contributed by atoms with Crippen molar-refractivity contribution < 1.29 is 9.59 Å². The van der Waals surface area contributed by atoms with Gasteiger partial charge >= 0.3 is 0 Å². The zero-order valence-electron chi connectivity index (χ0n) is 17.9. The summed E-state index contributed by atoms with van der Waals surface area (Å²) >= 11 is 1.37. The number of rotatable bonds is 6. The van der Waals surface area contributed by atoms with E-state index in [1.165, 1.54) is 11.3 Å². The molecule has 2 aromatic carbocycles. The molecule has 0 bridgehead atoms. The molecule has 1 heterocycles. The predicted molar refractivity (Wildman–Crippen MR) is 124 cm³/mol. The van der Waals surface area contributed by atoms with Crippen LogP contribution < -0.4 is 10.2 Å². The lowest BCUT2D eigenvalue weighted by Gasteiger charge is -2.32. The second-order valence-electron chi connectivity index (χ2n) is 7.96. The Morgan fingerprint density at radius 2 is 1.61 bits per heavy atom. The van der Waals surface area contributed by atoms with Crippen molar-refractivity contribution in [2.24, 2.45) is 0 Å². The number of amides is 2. The van der Waals surface area contributed by atoms with Gasteiger partial charge in [-0.3, -0.25) is 14.5 Å². The lowest BCUT2D eigenvalue weighted by Crippen LogP contribution is -2.46. The maximum absolute atomic E-state index is 13.9. The van der Waals surface area contributed by atoms with Gasteiger partial charge in [0.2, 0.25) is 5.91 Å². The van der Waals surface area contributed by atoms with Crippen molar-refractivity contribution in [2.75, 3.05) is 4.90 Å². The molecule has 6 heteroatoms. The fraction of sp³-hybridized carbons (Fsp3) is 0.320. The van der Waals surface area contributed by atoms with Crippen LogP contribution in [-0.4, -0.2) is 22.8 Å². The first-order valence-corrected chi connectivity index (χ1v) is 11.5. The summed E-state index contributed by atoms with van der Waals surface area (Å²) < 4.78 is 0. The fourth-order valence-corrected chi connectivity index (χ4v) is 5.07. The molecule has 0 aliphatic heterocycles. The van der Waals surface area contributed by atoms with E-state index >= 15 is 0 Å². The number of para-hydroxylation sites is 1. The Bertz CT molecular complexity index is 1040. The first-order chi connectivity index (χ1) is 15.0. The van der Waals surface area contributed by atoms with Crippen molar-refractivity contribution in [1.82, 2.24) is 10.3 Å². The standard InChI is InChI=1S/C25H27N3O2S/c1-17-23(31-18(2)26-17)25(30)28(21-15-7-4-8-16-21)22(19-11-5-3-6-12-19)24(29)27-20-13-9-10-14-20/h3-8,11-12,15-16,20,22H,9-10,13-14H2,1-2H3,(H,27,29). The molecule has 2 amide bonds. The van der Waals surface area contributed by atoms with Gasteiger partial charge in [0.15, 0.2) is 0 Å². The molecule has 1 unspecified atom stereocenters. The number of aryl methyl sites for hydroxylation is 2. The normalized spacial score (nSPS) is 14.9. The van der Waals surface area contributed by atoms with Crippen LogP contribution in [0.2, 0.25) is 0 Å². The molecule has 31 heavy (non-hydrogen) atoms. The van der Waals surface area contributed by atoms with Gasteiger partial charge in [-0.15, -0.1) is 11.3 Å². The molecule has 3 aromatic rings. The monoisotopic (exact) mass is 433 g/mol. The average molecular weight is 434 g/mol. The minimum Gasteiger partial charge on any atom is -0.351 e. The smallest absolute Gasteiger partial charge is 0.271 e. The van der Waals surface area contributed by atoms with Crippen LogP contribution in [0, 0.1) is 13.8 Å². The highest BCUT2D eigenvalue weighted by atomic mass is 32.1. The van der Waals surface area contributed by atoms with Crippen LogP contribution in [0.3, 0.4) is 0 Å².